The molecule has 1 atom stereocenters. The molecule has 6 nitrogen and oxygen atoms in total. The van der Waals surface area contributed by atoms with Crippen molar-refractivity contribution >= 4 is 28.7 Å². The Morgan fingerprint density at radius 1 is 1.60 bits per heavy atom. The number of hydrogen-bond acceptors (Lipinski definition) is 5. The Bertz CT molecular complexity index is 496. The third-order valence-corrected chi connectivity index (χ3v) is 3.03. The van der Waals surface area contributed by atoms with Gasteiger partial charge in [-0.2, -0.15) is 5.10 Å². The maximum Gasteiger partial charge on any atom is 0.230 e. The van der Waals surface area contributed by atoms with Crippen molar-refractivity contribution in [2.45, 2.75) is 17.2 Å². The summed E-state index contributed by atoms with van der Waals surface area (Å²) in [4.78, 5) is 19.0. The van der Waals surface area contributed by atoms with Crippen LogP contribution < -0.4 is 5.73 Å². The Labute approximate surface area is 89.7 Å². The maximum absolute atomic E-state index is 10.9. The van der Waals surface area contributed by atoms with Crippen LogP contribution in [0.15, 0.2) is 17.6 Å². The summed E-state index contributed by atoms with van der Waals surface area (Å²) >= 11 is 1.30. The van der Waals surface area contributed by atoms with Crippen molar-refractivity contribution < 1.29 is 4.79 Å². The number of aromatic amines is 1. The van der Waals surface area contributed by atoms with Crippen molar-refractivity contribution in [1.82, 2.24) is 20.2 Å². The number of nitrogens with two attached hydrogens (primary N) is 1. The van der Waals surface area contributed by atoms with Crippen molar-refractivity contribution in [3.63, 3.8) is 0 Å². The maximum atomic E-state index is 10.9. The number of thioether (sulfide) groups is 1. The van der Waals surface area contributed by atoms with Gasteiger partial charge in [-0.15, -0.1) is 0 Å². The summed E-state index contributed by atoms with van der Waals surface area (Å²) in [7, 11) is 0. The summed E-state index contributed by atoms with van der Waals surface area (Å²) in [5, 5.41) is 7.78. The van der Waals surface area contributed by atoms with Crippen LogP contribution in [0.25, 0.3) is 11.0 Å². The lowest BCUT2D eigenvalue weighted by Gasteiger charge is -2.05. The minimum Gasteiger partial charge on any atom is -0.369 e. The van der Waals surface area contributed by atoms with E-state index in [1.807, 2.05) is 0 Å². The van der Waals surface area contributed by atoms with E-state index < -0.39 is 0 Å². The molecule has 0 radical (unpaired) electrons. The van der Waals surface area contributed by atoms with Crippen molar-refractivity contribution in [3.05, 3.63) is 12.5 Å². The molecule has 78 valence electrons. The number of H-pyrrole nitrogens is 1. The third-order valence-electron chi connectivity index (χ3n) is 1.90. The van der Waals surface area contributed by atoms with Gasteiger partial charge < -0.3 is 5.73 Å². The lowest BCUT2D eigenvalue weighted by atomic mass is 10.4. The smallest absolute Gasteiger partial charge is 0.230 e. The molecule has 0 aliphatic carbocycles. The average molecular weight is 223 g/mol. The average Bonchev–Trinajstić information content (AvgIpc) is 2.66. The Kier molecular flexibility index (Phi) is 2.55. The molecule has 2 aromatic rings. The molecule has 0 saturated heterocycles. The van der Waals surface area contributed by atoms with Crippen LogP contribution in [0.4, 0.5) is 0 Å². The molecule has 0 aliphatic rings. The minimum absolute atomic E-state index is 0.321. The first-order valence-electron chi connectivity index (χ1n) is 4.28. The van der Waals surface area contributed by atoms with Gasteiger partial charge in [-0.05, 0) is 6.92 Å². The van der Waals surface area contributed by atoms with Gasteiger partial charge in [0.25, 0.3) is 0 Å². The molecule has 0 fully saturated rings. The molecule has 0 bridgehead atoms. The van der Waals surface area contributed by atoms with Crippen molar-refractivity contribution in [2.75, 3.05) is 0 Å². The van der Waals surface area contributed by atoms with Gasteiger partial charge in [0.1, 0.15) is 11.4 Å². The minimum atomic E-state index is -0.366. The molecule has 0 spiro atoms. The van der Waals surface area contributed by atoms with E-state index in [1.54, 1.807) is 13.1 Å². The molecule has 2 aromatic heterocycles. The van der Waals surface area contributed by atoms with Gasteiger partial charge in [0, 0.05) is 0 Å². The van der Waals surface area contributed by atoms with E-state index in [-0.39, 0.29) is 11.2 Å². The van der Waals surface area contributed by atoms with Crippen LogP contribution in [0.3, 0.4) is 0 Å². The number of nitrogens with one attached hydrogen (secondary N) is 1. The molecule has 15 heavy (non-hydrogen) atoms. The zero-order valence-corrected chi connectivity index (χ0v) is 8.78. The fourth-order valence-electron chi connectivity index (χ4n) is 1.06. The summed E-state index contributed by atoms with van der Waals surface area (Å²) in [6, 6.07) is 0. The number of carbonyl (C=O) groups excluding carboxylic acids is 1. The molecule has 0 aromatic carbocycles. The summed E-state index contributed by atoms with van der Waals surface area (Å²) in [5.74, 6) is -0.366. The molecule has 1 amide bonds. The molecule has 0 unspecified atom stereocenters. The van der Waals surface area contributed by atoms with E-state index in [1.165, 1.54) is 18.1 Å². The number of primary amides is 1. The lowest BCUT2D eigenvalue weighted by molar-refractivity contribution is -0.117. The standard InChI is InChI=1S/C8H9N5OS/c1-4(6(9)14)15-8-5-2-12-13-7(5)10-3-11-8/h2-4H,1H3,(H2,9,14)(H,10,11,12,13)/t4-/m0/s1. The highest BCUT2D eigenvalue weighted by Gasteiger charge is 2.14. The van der Waals surface area contributed by atoms with Gasteiger partial charge in [0.2, 0.25) is 5.91 Å². The zero-order chi connectivity index (χ0) is 10.8. The Balaban J connectivity index is 2.35. The fraction of sp³-hybridized carbons (Fsp3) is 0.250. The predicted molar refractivity (Wildman–Crippen MR) is 56.2 cm³/mol. The van der Waals surface area contributed by atoms with E-state index in [4.69, 9.17) is 5.73 Å². The number of amides is 1. The Morgan fingerprint density at radius 2 is 2.40 bits per heavy atom. The van der Waals surface area contributed by atoms with Crippen molar-refractivity contribution in [3.8, 4) is 0 Å². The summed E-state index contributed by atoms with van der Waals surface area (Å²) < 4.78 is 0. The highest BCUT2D eigenvalue weighted by molar-refractivity contribution is 8.00. The van der Waals surface area contributed by atoms with Gasteiger partial charge in [-0.1, -0.05) is 11.8 Å². The van der Waals surface area contributed by atoms with E-state index in [9.17, 15) is 4.79 Å². The normalized spacial score (nSPS) is 12.9. The quantitative estimate of drug-likeness (QED) is 0.576. The van der Waals surface area contributed by atoms with Crippen LogP contribution >= 0.6 is 11.8 Å². The van der Waals surface area contributed by atoms with Gasteiger partial charge in [0.05, 0.1) is 16.8 Å². The summed E-state index contributed by atoms with van der Waals surface area (Å²) in [5.41, 5.74) is 5.83. The van der Waals surface area contributed by atoms with Crippen LogP contribution in [-0.2, 0) is 4.79 Å². The molecular weight excluding hydrogens is 214 g/mol. The van der Waals surface area contributed by atoms with E-state index in [0.717, 1.165) is 5.39 Å². The second-order valence-corrected chi connectivity index (χ2v) is 4.30. The first kappa shape index (κ1) is 9.91. The van der Waals surface area contributed by atoms with Crippen molar-refractivity contribution in [1.29, 1.82) is 0 Å². The van der Waals surface area contributed by atoms with Crippen LogP contribution in [0.1, 0.15) is 6.92 Å². The monoisotopic (exact) mass is 223 g/mol. The molecule has 2 rings (SSSR count). The van der Waals surface area contributed by atoms with Crippen LogP contribution in [-0.4, -0.2) is 31.3 Å². The number of hydrogen-bond donors (Lipinski definition) is 2. The number of aromatic nitrogens is 4. The second-order valence-electron chi connectivity index (χ2n) is 2.97. The number of nitrogens with zero attached hydrogens (tertiary/aromatic N) is 3. The SMILES string of the molecule is C[C@H](Sc1ncnc2[nH]ncc12)C(N)=O. The van der Waals surface area contributed by atoms with Gasteiger partial charge in [0.15, 0.2) is 5.65 Å². The lowest BCUT2D eigenvalue weighted by Crippen LogP contribution is -2.22. The van der Waals surface area contributed by atoms with Crippen LogP contribution in [0, 0.1) is 0 Å². The largest absolute Gasteiger partial charge is 0.369 e. The highest BCUT2D eigenvalue weighted by atomic mass is 32.2. The zero-order valence-electron chi connectivity index (χ0n) is 7.97. The first-order valence-corrected chi connectivity index (χ1v) is 5.16. The van der Waals surface area contributed by atoms with E-state index >= 15 is 0 Å². The number of carbonyl (C=O) groups is 1. The third kappa shape index (κ3) is 1.91. The molecule has 0 aliphatic heterocycles. The molecule has 3 N–H and O–H groups in total. The van der Waals surface area contributed by atoms with E-state index in [0.29, 0.717) is 10.7 Å². The van der Waals surface area contributed by atoms with Gasteiger partial charge in [-0.3, -0.25) is 9.89 Å². The molecule has 2 heterocycles. The fourth-order valence-corrected chi connectivity index (χ4v) is 1.90. The molecule has 7 heteroatoms. The molecular formula is C8H9N5OS. The summed E-state index contributed by atoms with van der Waals surface area (Å²) in [6.45, 7) is 1.74. The Hall–Kier alpha value is -1.63. The van der Waals surface area contributed by atoms with E-state index in [2.05, 4.69) is 20.2 Å². The topological polar surface area (TPSA) is 97.6 Å². The highest BCUT2D eigenvalue weighted by Crippen LogP contribution is 2.26. The summed E-state index contributed by atoms with van der Waals surface area (Å²) in [6.07, 6.45) is 3.06. The number of rotatable bonds is 3. The van der Waals surface area contributed by atoms with Crippen LogP contribution in [0.2, 0.25) is 0 Å². The van der Waals surface area contributed by atoms with Crippen molar-refractivity contribution in [2.24, 2.45) is 5.73 Å². The number of fused-ring (bicyclic) bond motifs is 1. The van der Waals surface area contributed by atoms with Gasteiger partial charge >= 0.3 is 0 Å². The predicted octanol–water partition coefficient (Wildman–Crippen LogP) is 0.319. The van der Waals surface area contributed by atoms with Gasteiger partial charge in [-0.25, -0.2) is 9.97 Å². The first-order chi connectivity index (χ1) is 7.18. The molecule has 0 saturated carbocycles. The second kappa shape index (κ2) is 3.85. The van der Waals surface area contributed by atoms with Crippen LogP contribution in [0.5, 0.6) is 0 Å². The Morgan fingerprint density at radius 3 is 3.13 bits per heavy atom.